The van der Waals surface area contributed by atoms with Crippen LogP contribution in [0.25, 0.3) is 0 Å². The third kappa shape index (κ3) is 3.80. The maximum Gasteiger partial charge on any atom is 0.225 e. The van der Waals surface area contributed by atoms with Crippen LogP contribution in [0.3, 0.4) is 0 Å². The van der Waals surface area contributed by atoms with Crippen LogP contribution in [0.1, 0.15) is 19.8 Å². The summed E-state index contributed by atoms with van der Waals surface area (Å²) in [6, 6.07) is 0. The smallest absolute Gasteiger partial charge is 0.225 e. The van der Waals surface area contributed by atoms with Crippen LogP contribution in [0.5, 0.6) is 0 Å². The Bertz CT molecular complexity index is 211. The molecule has 1 heterocycles. The Morgan fingerprint density at radius 1 is 1.53 bits per heavy atom. The lowest BCUT2D eigenvalue weighted by molar-refractivity contribution is -0.136. The molecule has 1 saturated heterocycles. The zero-order valence-electron chi connectivity index (χ0n) is 9.94. The van der Waals surface area contributed by atoms with Gasteiger partial charge in [-0.15, -0.1) is 0 Å². The molecule has 1 aliphatic rings. The van der Waals surface area contributed by atoms with E-state index in [-0.39, 0.29) is 11.8 Å². The summed E-state index contributed by atoms with van der Waals surface area (Å²) in [5, 5.41) is 9.21. The van der Waals surface area contributed by atoms with E-state index < -0.39 is 6.10 Å². The van der Waals surface area contributed by atoms with Gasteiger partial charge in [0.15, 0.2) is 0 Å². The summed E-state index contributed by atoms with van der Waals surface area (Å²) in [5.74, 6) is 0.342. The fourth-order valence-corrected chi connectivity index (χ4v) is 2.05. The minimum Gasteiger partial charge on any atom is -0.392 e. The van der Waals surface area contributed by atoms with Gasteiger partial charge in [0, 0.05) is 19.5 Å². The van der Waals surface area contributed by atoms with Crippen molar-refractivity contribution >= 4 is 5.91 Å². The van der Waals surface area contributed by atoms with E-state index in [1.54, 1.807) is 18.9 Å². The fourth-order valence-electron chi connectivity index (χ4n) is 2.05. The molecule has 0 saturated carbocycles. The van der Waals surface area contributed by atoms with Crippen molar-refractivity contribution in [3.05, 3.63) is 0 Å². The van der Waals surface area contributed by atoms with Crippen LogP contribution in [0.15, 0.2) is 0 Å². The molecule has 0 spiro atoms. The Morgan fingerprint density at radius 2 is 2.07 bits per heavy atom. The highest BCUT2D eigenvalue weighted by molar-refractivity contribution is 5.78. The fraction of sp³-hybridized carbons (Fsp3) is 0.909. The molecule has 0 radical (unpaired) electrons. The van der Waals surface area contributed by atoms with Gasteiger partial charge in [-0.3, -0.25) is 4.79 Å². The number of likely N-dealkylation sites (N-methyl/N-ethyl adjacent to an activating group) is 1. The van der Waals surface area contributed by atoms with Crippen molar-refractivity contribution < 1.29 is 9.90 Å². The maximum atomic E-state index is 11.9. The van der Waals surface area contributed by atoms with E-state index in [9.17, 15) is 9.90 Å². The third-order valence-electron chi connectivity index (χ3n) is 2.98. The van der Waals surface area contributed by atoms with Crippen LogP contribution >= 0.6 is 0 Å². The van der Waals surface area contributed by atoms with Crippen LogP contribution in [-0.2, 0) is 4.79 Å². The Hall–Kier alpha value is -0.610. The molecule has 1 N–H and O–H groups in total. The number of nitrogens with zero attached hydrogens (tertiary/aromatic N) is 2. The summed E-state index contributed by atoms with van der Waals surface area (Å²) >= 11 is 0. The zero-order valence-corrected chi connectivity index (χ0v) is 9.94. The standard InChI is InChI=1S/C11H22N2O2/c1-9(14)8-13(3)11(15)10-4-6-12(2)7-5-10/h9-10,14H,4-8H2,1-3H3. The van der Waals surface area contributed by atoms with E-state index in [0.717, 1.165) is 25.9 Å². The molecule has 88 valence electrons. The average Bonchev–Trinajstić information content (AvgIpc) is 2.17. The van der Waals surface area contributed by atoms with E-state index in [1.807, 2.05) is 0 Å². The van der Waals surface area contributed by atoms with Gasteiger partial charge in [-0.25, -0.2) is 0 Å². The highest BCUT2D eigenvalue weighted by atomic mass is 16.3. The van der Waals surface area contributed by atoms with E-state index in [1.165, 1.54) is 0 Å². The van der Waals surface area contributed by atoms with Gasteiger partial charge >= 0.3 is 0 Å². The summed E-state index contributed by atoms with van der Waals surface area (Å²) in [6.45, 7) is 4.14. The number of likely N-dealkylation sites (tertiary alicyclic amines) is 1. The highest BCUT2D eigenvalue weighted by Gasteiger charge is 2.25. The van der Waals surface area contributed by atoms with Crippen molar-refractivity contribution in [1.29, 1.82) is 0 Å². The molecule has 1 rings (SSSR count). The van der Waals surface area contributed by atoms with Gasteiger partial charge in [-0.2, -0.15) is 0 Å². The minimum absolute atomic E-state index is 0.157. The van der Waals surface area contributed by atoms with Crippen LogP contribution in [0, 0.1) is 5.92 Å². The Labute approximate surface area is 91.9 Å². The molecule has 0 aromatic rings. The number of carbonyl (C=O) groups is 1. The van der Waals surface area contributed by atoms with Crippen molar-refractivity contribution in [3.8, 4) is 0 Å². The largest absolute Gasteiger partial charge is 0.392 e. The molecule has 1 amide bonds. The predicted molar refractivity (Wildman–Crippen MR) is 59.5 cm³/mol. The molecular weight excluding hydrogens is 192 g/mol. The molecule has 0 bridgehead atoms. The van der Waals surface area contributed by atoms with E-state index in [4.69, 9.17) is 0 Å². The molecule has 4 heteroatoms. The van der Waals surface area contributed by atoms with Crippen molar-refractivity contribution in [2.24, 2.45) is 5.92 Å². The highest BCUT2D eigenvalue weighted by Crippen LogP contribution is 2.18. The number of aliphatic hydroxyl groups is 1. The molecule has 15 heavy (non-hydrogen) atoms. The van der Waals surface area contributed by atoms with Crippen molar-refractivity contribution in [1.82, 2.24) is 9.80 Å². The predicted octanol–water partition coefficient (Wildman–Crippen LogP) is 0.167. The molecule has 4 nitrogen and oxygen atoms in total. The molecular formula is C11H22N2O2. The summed E-state index contributed by atoms with van der Waals surface area (Å²) in [7, 11) is 3.85. The van der Waals surface area contributed by atoms with E-state index >= 15 is 0 Å². The van der Waals surface area contributed by atoms with Gasteiger partial charge in [0.2, 0.25) is 5.91 Å². The number of hydrogen-bond donors (Lipinski definition) is 1. The van der Waals surface area contributed by atoms with Crippen LogP contribution in [-0.4, -0.2) is 60.6 Å². The van der Waals surface area contributed by atoms with Crippen LogP contribution in [0.2, 0.25) is 0 Å². The Kier molecular flexibility index (Phi) is 4.54. The van der Waals surface area contributed by atoms with Crippen molar-refractivity contribution in [2.45, 2.75) is 25.9 Å². The minimum atomic E-state index is -0.440. The first-order chi connectivity index (χ1) is 7.00. The lowest BCUT2D eigenvalue weighted by Crippen LogP contribution is -2.42. The SMILES string of the molecule is CC(O)CN(C)C(=O)C1CCN(C)CC1. The number of hydrogen-bond acceptors (Lipinski definition) is 3. The monoisotopic (exact) mass is 214 g/mol. The molecule has 0 aromatic carbocycles. The number of amides is 1. The Morgan fingerprint density at radius 3 is 2.53 bits per heavy atom. The van der Waals surface area contributed by atoms with Crippen LogP contribution < -0.4 is 0 Å². The molecule has 1 fully saturated rings. The zero-order chi connectivity index (χ0) is 11.4. The summed E-state index contributed by atoms with van der Waals surface area (Å²) in [4.78, 5) is 15.8. The second kappa shape index (κ2) is 5.47. The number of piperidine rings is 1. The average molecular weight is 214 g/mol. The van der Waals surface area contributed by atoms with Gasteiger partial charge in [0.25, 0.3) is 0 Å². The van der Waals surface area contributed by atoms with E-state index in [2.05, 4.69) is 11.9 Å². The molecule has 0 aliphatic carbocycles. The lowest BCUT2D eigenvalue weighted by atomic mass is 9.96. The van der Waals surface area contributed by atoms with Gasteiger partial charge in [-0.05, 0) is 39.9 Å². The molecule has 0 aromatic heterocycles. The van der Waals surface area contributed by atoms with Gasteiger partial charge < -0.3 is 14.9 Å². The van der Waals surface area contributed by atoms with Crippen molar-refractivity contribution in [2.75, 3.05) is 33.7 Å². The third-order valence-corrected chi connectivity index (χ3v) is 2.98. The number of rotatable bonds is 3. The molecule has 1 unspecified atom stereocenters. The van der Waals surface area contributed by atoms with Crippen molar-refractivity contribution in [3.63, 3.8) is 0 Å². The lowest BCUT2D eigenvalue weighted by Gasteiger charge is -2.31. The second-order valence-electron chi connectivity index (χ2n) is 4.65. The second-order valence-corrected chi connectivity index (χ2v) is 4.65. The first-order valence-corrected chi connectivity index (χ1v) is 5.62. The summed E-state index contributed by atoms with van der Waals surface area (Å²) in [5.41, 5.74) is 0. The van der Waals surface area contributed by atoms with E-state index in [0.29, 0.717) is 6.54 Å². The topological polar surface area (TPSA) is 43.8 Å². The van der Waals surface area contributed by atoms with Gasteiger partial charge in [0.1, 0.15) is 0 Å². The number of aliphatic hydroxyl groups excluding tert-OH is 1. The van der Waals surface area contributed by atoms with Gasteiger partial charge in [0.05, 0.1) is 6.10 Å². The Balaban J connectivity index is 2.39. The molecule has 1 atom stereocenters. The number of carbonyl (C=O) groups excluding carboxylic acids is 1. The summed E-state index contributed by atoms with van der Waals surface area (Å²) in [6.07, 6.45) is 1.45. The van der Waals surface area contributed by atoms with Crippen LogP contribution in [0.4, 0.5) is 0 Å². The maximum absolute atomic E-state index is 11.9. The quantitative estimate of drug-likeness (QED) is 0.728. The first kappa shape index (κ1) is 12.5. The molecule has 1 aliphatic heterocycles. The normalized spacial score (nSPS) is 21.3. The first-order valence-electron chi connectivity index (χ1n) is 5.62. The summed E-state index contributed by atoms with van der Waals surface area (Å²) < 4.78 is 0. The van der Waals surface area contributed by atoms with Gasteiger partial charge in [-0.1, -0.05) is 0 Å².